The smallest absolute Gasteiger partial charge is 0.182 e. The van der Waals surface area contributed by atoms with Gasteiger partial charge in [-0.3, -0.25) is 4.68 Å². The van der Waals surface area contributed by atoms with Crippen LogP contribution in [0.2, 0.25) is 0 Å². The van der Waals surface area contributed by atoms with E-state index in [2.05, 4.69) is 22.6 Å². The van der Waals surface area contributed by atoms with Gasteiger partial charge < -0.3 is 11.1 Å². The number of aromatic nitrogens is 2. The number of nitrogens with zero attached hydrogens (tertiary/aromatic N) is 2. The zero-order valence-electron chi connectivity index (χ0n) is 10.6. The van der Waals surface area contributed by atoms with Gasteiger partial charge in [0.1, 0.15) is 4.99 Å². The molecular formula is C13H14F2N4S. The van der Waals surface area contributed by atoms with Crippen molar-refractivity contribution in [3.63, 3.8) is 0 Å². The van der Waals surface area contributed by atoms with Crippen LogP contribution < -0.4 is 11.1 Å². The third kappa shape index (κ3) is 3.30. The number of thiocarbonyl (C=S) groups is 1. The molecule has 0 atom stereocenters. The van der Waals surface area contributed by atoms with Gasteiger partial charge in [0.2, 0.25) is 0 Å². The van der Waals surface area contributed by atoms with Crippen molar-refractivity contribution in [2.45, 2.75) is 13.0 Å². The van der Waals surface area contributed by atoms with Gasteiger partial charge in [-0.15, -0.1) is 0 Å². The Balaban J connectivity index is 1.93. The molecule has 1 aromatic carbocycles. The Bertz CT molecular complexity index is 599. The number of halogens is 2. The standard InChI is InChI=1S/C13H14F2N4S/c14-11-9(13(16)20)3-4-10(12(11)15)17-5-1-7-19-8-2-6-18-19/h2-4,6,8,17H,1,5,7H2,(H2,16,20). The number of hydrogen-bond acceptors (Lipinski definition) is 3. The highest BCUT2D eigenvalue weighted by molar-refractivity contribution is 7.80. The van der Waals surface area contributed by atoms with Crippen LogP contribution in [-0.4, -0.2) is 21.3 Å². The van der Waals surface area contributed by atoms with Crippen molar-refractivity contribution >= 4 is 22.9 Å². The van der Waals surface area contributed by atoms with Crippen LogP contribution in [0.3, 0.4) is 0 Å². The first-order chi connectivity index (χ1) is 9.59. The number of rotatable bonds is 6. The largest absolute Gasteiger partial charge is 0.389 e. The third-order valence-electron chi connectivity index (χ3n) is 2.79. The molecule has 4 nitrogen and oxygen atoms in total. The van der Waals surface area contributed by atoms with Crippen LogP contribution in [0.4, 0.5) is 14.5 Å². The molecule has 0 aliphatic carbocycles. The number of hydrogen-bond donors (Lipinski definition) is 2. The second-order valence-electron chi connectivity index (χ2n) is 4.20. The summed E-state index contributed by atoms with van der Waals surface area (Å²) < 4.78 is 29.2. The molecule has 0 radical (unpaired) electrons. The molecule has 0 saturated carbocycles. The Morgan fingerprint density at radius 2 is 2.15 bits per heavy atom. The van der Waals surface area contributed by atoms with Crippen LogP contribution in [0, 0.1) is 11.6 Å². The molecule has 0 aliphatic heterocycles. The summed E-state index contributed by atoms with van der Waals surface area (Å²) in [5.74, 6) is -1.98. The van der Waals surface area contributed by atoms with Crippen LogP contribution in [0.1, 0.15) is 12.0 Å². The summed E-state index contributed by atoms with van der Waals surface area (Å²) in [5.41, 5.74) is 5.32. The van der Waals surface area contributed by atoms with Gasteiger partial charge >= 0.3 is 0 Å². The predicted molar refractivity (Wildman–Crippen MR) is 77.6 cm³/mol. The van der Waals surface area contributed by atoms with Crippen LogP contribution in [0.15, 0.2) is 30.6 Å². The Kier molecular flexibility index (Phi) is 4.62. The van der Waals surface area contributed by atoms with Gasteiger partial charge in [-0.05, 0) is 24.6 Å². The maximum absolute atomic E-state index is 13.8. The summed E-state index contributed by atoms with van der Waals surface area (Å²) in [6.45, 7) is 1.21. The van der Waals surface area contributed by atoms with E-state index in [1.54, 1.807) is 10.9 Å². The van der Waals surface area contributed by atoms with E-state index >= 15 is 0 Å². The van der Waals surface area contributed by atoms with E-state index in [0.29, 0.717) is 13.1 Å². The van der Waals surface area contributed by atoms with Crippen molar-refractivity contribution in [3.8, 4) is 0 Å². The van der Waals surface area contributed by atoms with Crippen molar-refractivity contribution in [3.05, 3.63) is 47.8 Å². The fourth-order valence-corrected chi connectivity index (χ4v) is 1.93. The van der Waals surface area contributed by atoms with Gasteiger partial charge in [0.15, 0.2) is 11.6 Å². The average molecular weight is 296 g/mol. The summed E-state index contributed by atoms with van der Waals surface area (Å²) >= 11 is 4.65. The number of anilines is 1. The molecule has 0 fully saturated rings. The fraction of sp³-hybridized carbons (Fsp3) is 0.231. The molecule has 2 aromatic rings. The minimum Gasteiger partial charge on any atom is -0.389 e. The number of benzene rings is 1. The molecule has 0 bridgehead atoms. The quantitative estimate of drug-likeness (QED) is 0.634. The first kappa shape index (κ1) is 14.4. The SMILES string of the molecule is NC(=S)c1ccc(NCCCn2cccn2)c(F)c1F. The van der Waals surface area contributed by atoms with Gasteiger partial charge in [-0.25, -0.2) is 8.78 Å². The lowest BCUT2D eigenvalue weighted by atomic mass is 10.1. The third-order valence-corrected chi connectivity index (χ3v) is 3.01. The summed E-state index contributed by atoms with van der Waals surface area (Å²) in [6.07, 6.45) is 4.27. The van der Waals surface area contributed by atoms with E-state index in [1.807, 2.05) is 12.3 Å². The van der Waals surface area contributed by atoms with Gasteiger partial charge in [0.25, 0.3) is 0 Å². The molecule has 0 aliphatic rings. The minimum absolute atomic E-state index is 0.0837. The molecule has 7 heteroatoms. The van der Waals surface area contributed by atoms with Crippen molar-refractivity contribution in [1.29, 1.82) is 0 Å². The van der Waals surface area contributed by atoms with Crippen LogP contribution in [-0.2, 0) is 6.54 Å². The summed E-state index contributed by atoms with van der Waals surface area (Å²) in [4.78, 5) is -0.161. The molecule has 0 saturated heterocycles. The summed E-state index contributed by atoms with van der Waals surface area (Å²) in [6, 6.07) is 4.63. The zero-order valence-corrected chi connectivity index (χ0v) is 11.5. The molecule has 0 spiro atoms. The lowest BCUT2D eigenvalue weighted by Crippen LogP contribution is -2.14. The predicted octanol–water partition coefficient (Wildman–Crippen LogP) is 2.30. The molecule has 1 aromatic heterocycles. The van der Waals surface area contributed by atoms with Gasteiger partial charge in [-0.1, -0.05) is 12.2 Å². The Morgan fingerprint density at radius 3 is 2.80 bits per heavy atom. The van der Waals surface area contributed by atoms with Crippen LogP contribution in [0.25, 0.3) is 0 Å². The van der Waals surface area contributed by atoms with E-state index in [4.69, 9.17) is 5.73 Å². The van der Waals surface area contributed by atoms with Crippen LogP contribution in [0.5, 0.6) is 0 Å². The first-order valence-corrected chi connectivity index (χ1v) is 6.49. The van der Waals surface area contributed by atoms with Crippen molar-refractivity contribution in [2.24, 2.45) is 5.73 Å². The van der Waals surface area contributed by atoms with Crippen molar-refractivity contribution < 1.29 is 8.78 Å². The van der Waals surface area contributed by atoms with E-state index in [1.165, 1.54) is 12.1 Å². The average Bonchev–Trinajstić information content (AvgIpc) is 2.92. The zero-order chi connectivity index (χ0) is 14.5. The highest BCUT2D eigenvalue weighted by Gasteiger charge is 2.14. The van der Waals surface area contributed by atoms with Crippen LogP contribution >= 0.6 is 12.2 Å². The normalized spacial score (nSPS) is 10.5. The molecule has 20 heavy (non-hydrogen) atoms. The molecule has 0 amide bonds. The molecule has 0 unspecified atom stereocenters. The second-order valence-corrected chi connectivity index (χ2v) is 4.64. The molecule has 3 N–H and O–H groups in total. The molecule has 1 heterocycles. The summed E-state index contributed by atoms with van der Waals surface area (Å²) in [5, 5.41) is 6.89. The Hall–Kier alpha value is -2.02. The maximum Gasteiger partial charge on any atom is 0.182 e. The topological polar surface area (TPSA) is 55.9 Å². The Labute approximate surface area is 120 Å². The maximum atomic E-state index is 13.8. The fourth-order valence-electron chi connectivity index (χ4n) is 1.77. The lowest BCUT2D eigenvalue weighted by Gasteiger charge is -2.10. The van der Waals surface area contributed by atoms with Crippen molar-refractivity contribution in [2.75, 3.05) is 11.9 Å². The van der Waals surface area contributed by atoms with E-state index in [9.17, 15) is 8.78 Å². The van der Waals surface area contributed by atoms with E-state index in [0.717, 1.165) is 6.42 Å². The summed E-state index contributed by atoms with van der Waals surface area (Å²) in [7, 11) is 0. The number of nitrogens with one attached hydrogen (secondary N) is 1. The van der Waals surface area contributed by atoms with Crippen molar-refractivity contribution in [1.82, 2.24) is 9.78 Å². The van der Waals surface area contributed by atoms with E-state index in [-0.39, 0.29) is 16.2 Å². The van der Waals surface area contributed by atoms with Gasteiger partial charge in [0.05, 0.1) is 5.69 Å². The number of aryl methyl sites for hydroxylation is 1. The molecular weight excluding hydrogens is 282 g/mol. The minimum atomic E-state index is -1.02. The Morgan fingerprint density at radius 1 is 1.35 bits per heavy atom. The first-order valence-electron chi connectivity index (χ1n) is 6.08. The van der Waals surface area contributed by atoms with Gasteiger partial charge in [-0.2, -0.15) is 5.10 Å². The monoisotopic (exact) mass is 296 g/mol. The van der Waals surface area contributed by atoms with E-state index < -0.39 is 11.6 Å². The number of nitrogens with two attached hydrogens (primary N) is 1. The highest BCUT2D eigenvalue weighted by atomic mass is 32.1. The van der Waals surface area contributed by atoms with Gasteiger partial charge in [0, 0.05) is 31.0 Å². The molecule has 106 valence electrons. The molecule has 2 rings (SSSR count). The highest BCUT2D eigenvalue weighted by Crippen LogP contribution is 2.20. The lowest BCUT2D eigenvalue weighted by molar-refractivity contribution is 0.509. The second kappa shape index (κ2) is 6.42.